The Morgan fingerprint density at radius 2 is 1.76 bits per heavy atom. The molecule has 1 atom stereocenters. The maximum absolute atomic E-state index is 3.46. The first-order valence-electron chi connectivity index (χ1n) is 6.54. The topological polar surface area (TPSA) is 12.0 Å². The fourth-order valence-electron chi connectivity index (χ4n) is 1.85. The van der Waals surface area contributed by atoms with E-state index in [2.05, 4.69) is 64.2 Å². The lowest BCUT2D eigenvalue weighted by Gasteiger charge is -2.09. The highest BCUT2D eigenvalue weighted by Gasteiger charge is 1.99. The van der Waals surface area contributed by atoms with Gasteiger partial charge in [-0.2, -0.15) is 0 Å². The van der Waals surface area contributed by atoms with Crippen molar-refractivity contribution in [3.8, 4) is 0 Å². The van der Waals surface area contributed by atoms with E-state index in [4.69, 9.17) is 0 Å². The molecule has 1 unspecified atom stereocenters. The number of aryl methyl sites for hydroxylation is 3. The van der Waals surface area contributed by atoms with E-state index < -0.39 is 0 Å². The average molecular weight is 231 g/mol. The minimum Gasteiger partial charge on any atom is -0.311 e. The second kappa shape index (κ2) is 6.61. The molecule has 1 N–H and O–H groups in total. The zero-order chi connectivity index (χ0) is 12.8. The van der Waals surface area contributed by atoms with E-state index in [0.29, 0.717) is 6.04 Å². The van der Waals surface area contributed by atoms with Crippen molar-refractivity contribution in [1.82, 2.24) is 5.32 Å². The average Bonchev–Trinajstić information content (AvgIpc) is 2.29. The summed E-state index contributed by atoms with van der Waals surface area (Å²) < 4.78 is 0. The predicted molar refractivity (Wildman–Crippen MR) is 77.4 cm³/mol. The number of hydrogen-bond acceptors (Lipinski definition) is 1. The predicted octanol–water partition coefficient (Wildman–Crippen LogP) is 4.01. The van der Waals surface area contributed by atoms with Crippen LogP contribution in [0.1, 0.15) is 42.5 Å². The summed E-state index contributed by atoms with van der Waals surface area (Å²) in [4.78, 5) is 0. The Morgan fingerprint density at radius 3 is 2.41 bits per heavy atom. The van der Waals surface area contributed by atoms with Crippen LogP contribution in [0.25, 0.3) is 6.08 Å². The molecule has 0 saturated carbocycles. The van der Waals surface area contributed by atoms with E-state index in [1.165, 1.54) is 28.7 Å². The van der Waals surface area contributed by atoms with Gasteiger partial charge in [0.15, 0.2) is 0 Å². The maximum Gasteiger partial charge on any atom is 0.0224 e. The van der Waals surface area contributed by atoms with Crippen molar-refractivity contribution in [3.63, 3.8) is 0 Å². The summed E-state index contributed by atoms with van der Waals surface area (Å²) in [6.45, 7) is 12.0. The molecule has 0 aliphatic carbocycles. The van der Waals surface area contributed by atoms with Crippen LogP contribution in [0.15, 0.2) is 18.2 Å². The van der Waals surface area contributed by atoms with Gasteiger partial charge in [0, 0.05) is 6.04 Å². The third kappa shape index (κ3) is 4.35. The van der Waals surface area contributed by atoms with Crippen molar-refractivity contribution >= 4 is 6.08 Å². The first-order valence-corrected chi connectivity index (χ1v) is 6.54. The van der Waals surface area contributed by atoms with Crippen LogP contribution in [0.4, 0.5) is 0 Å². The highest BCUT2D eigenvalue weighted by molar-refractivity contribution is 5.56. The molecule has 0 fully saturated rings. The molecule has 0 aliphatic rings. The summed E-state index contributed by atoms with van der Waals surface area (Å²) >= 11 is 0. The molecule has 0 spiro atoms. The number of benzene rings is 1. The lowest BCUT2D eigenvalue weighted by molar-refractivity contribution is 0.625. The summed E-state index contributed by atoms with van der Waals surface area (Å²) in [5.74, 6) is 0. The number of hydrogen-bond donors (Lipinski definition) is 1. The number of rotatable bonds is 5. The maximum atomic E-state index is 3.46. The van der Waals surface area contributed by atoms with Crippen molar-refractivity contribution in [1.29, 1.82) is 0 Å². The van der Waals surface area contributed by atoms with Gasteiger partial charge in [0.2, 0.25) is 0 Å². The zero-order valence-corrected chi connectivity index (χ0v) is 11.8. The molecule has 1 aromatic carbocycles. The van der Waals surface area contributed by atoms with Crippen molar-refractivity contribution in [3.05, 3.63) is 40.5 Å². The smallest absolute Gasteiger partial charge is 0.0224 e. The molecule has 0 heterocycles. The summed E-state index contributed by atoms with van der Waals surface area (Å²) in [6, 6.07) is 4.98. The highest BCUT2D eigenvalue weighted by atomic mass is 14.9. The minimum absolute atomic E-state index is 0.441. The molecule has 0 radical (unpaired) electrons. The van der Waals surface area contributed by atoms with Gasteiger partial charge >= 0.3 is 0 Å². The van der Waals surface area contributed by atoms with Crippen LogP contribution in [0.2, 0.25) is 0 Å². The molecule has 0 aliphatic heterocycles. The van der Waals surface area contributed by atoms with Gasteiger partial charge in [-0.25, -0.2) is 0 Å². The molecular weight excluding hydrogens is 206 g/mol. The van der Waals surface area contributed by atoms with Crippen LogP contribution in [-0.4, -0.2) is 12.6 Å². The lowest BCUT2D eigenvalue weighted by Crippen LogP contribution is -2.24. The van der Waals surface area contributed by atoms with Gasteiger partial charge in [-0.3, -0.25) is 0 Å². The Balaban J connectivity index is 2.74. The molecule has 94 valence electrons. The largest absolute Gasteiger partial charge is 0.311 e. The van der Waals surface area contributed by atoms with Gasteiger partial charge in [-0.05, 0) is 62.9 Å². The van der Waals surface area contributed by atoms with E-state index in [1.54, 1.807) is 0 Å². The van der Waals surface area contributed by atoms with Crippen LogP contribution in [0.5, 0.6) is 0 Å². The second-order valence-electron chi connectivity index (χ2n) is 4.89. The molecule has 1 heteroatoms. The van der Waals surface area contributed by atoms with Crippen molar-refractivity contribution in [2.75, 3.05) is 6.54 Å². The molecule has 1 nitrogen and oxygen atoms in total. The summed E-state index contributed by atoms with van der Waals surface area (Å²) in [6.07, 6.45) is 5.66. The number of nitrogens with one attached hydrogen (secondary N) is 1. The first kappa shape index (κ1) is 14.0. The van der Waals surface area contributed by atoms with E-state index in [9.17, 15) is 0 Å². The molecule has 0 aromatic heterocycles. The second-order valence-corrected chi connectivity index (χ2v) is 4.89. The van der Waals surface area contributed by atoms with Gasteiger partial charge in [-0.1, -0.05) is 31.2 Å². The van der Waals surface area contributed by atoms with E-state index in [-0.39, 0.29) is 0 Å². The van der Waals surface area contributed by atoms with E-state index in [1.807, 2.05) is 0 Å². The normalized spacial score (nSPS) is 13.2. The van der Waals surface area contributed by atoms with Gasteiger partial charge < -0.3 is 5.32 Å². The van der Waals surface area contributed by atoms with Crippen LogP contribution >= 0.6 is 0 Å². The van der Waals surface area contributed by atoms with Gasteiger partial charge in [-0.15, -0.1) is 0 Å². The molecule has 0 amide bonds. The van der Waals surface area contributed by atoms with Crippen LogP contribution in [0, 0.1) is 20.8 Å². The summed E-state index contributed by atoms with van der Waals surface area (Å²) in [5, 5.41) is 3.46. The molecule has 17 heavy (non-hydrogen) atoms. The van der Waals surface area contributed by atoms with E-state index >= 15 is 0 Å². The molecule has 0 saturated heterocycles. The fourth-order valence-corrected chi connectivity index (χ4v) is 1.85. The Hall–Kier alpha value is -1.08. The SMILES string of the molecule is CCCNC(C)/C=C/c1cc(C)c(C)cc1C. The van der Waals surface area contributed by atoms with Gasteiger partial charge in [0.05, 0.1) is 0 Å². The molecule has 1 aromatic rings. The fraction of sp³-hybridized carbons (Fsp3) is 0.500. The highest BCUT2D eigenvalue weighted by Crippen LogP contribution is 2.16. The lowest BCUT2D eigenvalue weighted by atomic mass is 10.0. The van der Waals surface area contributed by atoms with Crippen molar-refractivity contribution in [2.45, 2.75) is 47.1 Å². The standard InChI is InChI=1S/C16H25N/c1-6-9-17-15(5)7-8-16-11-13(3)12(2)10-14(16)4/h7-8,10-11,15,17H,6,9H2,1-5H3/b8-7+. The van der Waals surface area contributed by atoms with Crippen molar-refractivity contribution < 1.29 is 0 Å². The third-order valence-electron chi connectivity index (χ3n) is 3.16. The van der Waals surface area contributed by atoms with Gasteiger partial charge in [0.25, 0.3) is 0 Å². The van der Waals surface area contributed by atoms with Crippen LogP contribution < -0.4 is 5.32 Å². The first-order chi connectivity index (χ1) is 8.04. The monoisotopic (exact) mass is 231 g/mol. The molecule has 0 bridgehead atoms. The summed E-state index contributed by atoms with van der Waals surface area (Å²) in [5.41, 5.74) is 5.42. The quantitative estimate of drug-likeness (QED) is 0.807. The van der Waals surface area contributed by atoms with Crippen molar-refractivity contribution in [2.24, 2.45) is 0 Å². The molecular formula is C16H25N. The Morgan fingerprint density at radius 1 is 1.12 bits per heavy atom. The Kier molecular flexibility index (Phi) is 5.43. The van der Waals surface area contributed by atoms with Crippen LogP contribution in [0.3, 0.4) is 0 Å². The van der Waals surface area contributed by atoms with Gasteiger partial charge in [0.1, 0.15) is 0 Å². The minimum atomic E-state index is 0.441. The van der Waals surface area contributed by atoms with Crippen LogP contribution in [-0.2, 0) is 0 Å². The summed E-state index contributed by atoms with van der Waals surface area (Å²) in [7, 11) is 0. The Bertz CT molecular complexity index is 391. The Labute approximate surface area is 106 Å². The zero-order valence-electron chi connectivity index (χ0n) is 11.8. The third-order valence-corrected chi connectivity index (χ3v) is 3.16. The molecule has 1 rings (SSSR count). The van der Waals surface area contributed by atoms with E-state index in [0.717, 1.165) is 6.54 Å².